The molecule has 3 unspecified atom stereocenters. The molecule has 1 N–H and O–H groups in total. The quantitative estimate of drug-likeness (QED) is 0.762. The van der Waals surface area contributed by atoms with Crippen LogP contribution in [0.25, 0.3) is 0 Å². The van der Waals surface area contributed by atoms with Gasteiger partial charge in [0.2, 0.25) is 0 Å². The highest BCUT2D eigenvalue weighted by molar-refractivity contribution is 5.11. The molecule has 0 amide bonds. The fourth-order valence-electron chi connectivity index (χ4n) is 5.03. The van der Waals surface area contributed by atoms with Gasteiger partial charge >= 0.3 is 0 Å². The smallest absolute Gasteiger partial charge is 0.0685 e. The summed E-state index contributed by atoms with van der Waals surface area (Å²) >= 11 is 0. The summed E-state index contributed by atoms with van der Waals surface area (Å²) in [6.07, 6.45) is 10.2. The maximum atomic E-state index is 5.87. The third-order valence-corrected chi connectivity index (χ3v) is 6.35. The Kier molecular flexibility index (Phi) is 4.92. The van der Waals surface area contributed by atoms with Crippen LogP contribution in [0.5, 0.6) is 0 Å². The Morgan fingerprint density at radius 2 is 1.90 bits per heavy atom. The Bertz CT molecular complexity index is 338. The standard InChI is InChI=1S/C18H34N2O/c1-18(2)16(15-10-13-21-17(15)18)19-11-7-12-20(3)14-8-5-4-6-9-14/h14-17,19H,4-13H2,1-3H3. The van der Waals surface area contributed by atoms with Crippen molar-refractivity contribution < 1.29 is 4.74 Å². The third kappa shape index (κ3) is 3.16. The zero-order valence-corrected chi connectivity index (χ0v) is 14.2. The van der Waals surface area contributed by atoms with Gasteiger partial charge in [0.15, 0.2) is 0 Å². The minimum Gasteiger partial charge on any atom is -0.377 e. The van der Waals surface area contributed by atoms with Gasteiger partial charge < -0.3 is 15.0 Å². The summed E-state index contributed by atoms with van der Waals surface area (Å²) in [5.74, 6) is 0.774. The number of hydrogen-bond donors (Lipinski definition) is 1. The lowest BCUT2D eigenvalue weighted by Crippen LogP contribution is -2.65. The fourth-order valence-corrected chi connectivity index (χ4v) is 5.03. The molecule has 3 nitrogen and oxygen atoms in total. The monoisotopic (exact) mass is 294 g/mol. The van der Waals surface area contributed by atoms with Crippen molar-refractivity contribution in [3.05, 3.63) is 0 Å². The van der Waals surface area contributed by atoms with E-state index in [0.29, 0.717) is 17.6 Å². The summed E-state index contributed by atoms with van der Waals surface area (Å²) in [4.78, 5) is 2.61. The molecule has 122 valence electrons. The molecular weight excluding hydrogens is 260 g/mol. The van der Waals surface area contributed by atoms with Crippen molar-refractivity contribution in [3.8, 4) is 0 Å². The maximum absolute atomic E-state index is 5.87. The van der Waals surface area contributed by atoms with Crippen molar-refractivity contribution in [2.45, 2.75) is 77.0 Å². The van der Waals surface area contributed by atoms with Gasteiger partial charge in [-0.1, -0.05) is 33.1 Å². The van der Waals surface area contributed by atoms with Gasteiger partial charge in [-0.2, -0.15) is 0 Å². The molecule has 1 aliphatic heterocycles. The Labute approximate surface area is 130 Å². The zero-order valence-electron chi connectivity index (χ0n) is 14.2. The van der Waals surface area contributed by atoms with Crippen molar-refractivity contribution in [2.75, 3.05) is 26.7 Å². The number of fused-ring (bicyclic) bond motifs is 1. The Morgan fingerprint density at radius 3 is 2.67 bits per heavy atom. The summed E-state index contributed by atoms with van der Waals surface area (Å²) in [6.45, 7) is 8.11. The van der Waals surface area contributed by atoms with E-state index < -0.39 is 0 Å². The molecule has 3 aliphatic rings. The predicted octanol–water partition coefficient (Wildman–Crippen LogP) is 3.04. The van der Waals surface area contributed by atoms with Gasteiger partial charge in [0.05, 0.1) is 6.10 Å². The van der Waals surface area contributed by atoms with E-state index in [1.165, 1.54) is 51.5 Å². The van der Waals surface area contributed by atoms with E-state index >= 15 is 0 Å². The molecule has 3 fully saturated rings. The molecule has 21 heavy (non-hydrogen) atoms. The molecule has 0 bridgehead atoms. The highest BCUT2D eigenvalue weighted by atomic mass is 16.5. The lowest BCUT2D eigenvalue weighted by molar-refractivity contribution is -0.112. The van der Waals surface area contributed by atoms with Gasteiger partial charge in [0.25, 0.3) is 0 Å². The zero-order chi connectivity index (χ0) is 14.9. The van der Waals surface area contributed by atoms with Crippen LogP contribution in [0, 0.1) is 11.3 Å². The molecule has 3 atom stereocenters. The van der Waals surface area contributed by atoms with Crippen molar-refractivity contribution in [1.82, 2.24) is 10.2 Å². The van der Waals surface area contributed by atoms with Crippen LogP contribution in [0.2, 0.25) is 0 Å². The summed E-state index contributed by atoms with van der Waals surface area (Å²) in [5, 5.41) is 3.83. The van der Waals surface area contributed by atoms with E-state index in [1.54, 1.807) is 0 Å². The van der Waals surface area contributed by atoms with Gasteiger partial charge in [-0.05, 0) is 45.8 Å². The first-order valence-electron chi connectivity index (χ1n) is 9.16. The second kappa shape index (κ2) is 6.55. The summed E-state index contributed by atoms with van der Waals surface area (Å²) in [5.41, 5.74) is 0.330. The first kappa shape index (κ1) is 15.8. The third-order valence-electron chi connectivity index (χ3n) is 6.35. The maximum Gasteiger partial charge on any atom is 0.0685 e. The van der Waals surface area contributed by atoms with Crippen LogP contribution in [0.4, 0.5) is 0 Å². The lowest BCUT2D eigenvalue weighted by Gasteiger charge is -2.55. The Balaban J connectivity index is 1.35. The van der Waals surface area contributed by atoms with Crippen molar-refractivity contribution in [3.63, 3.8) is 0 Å². The average Bonchev–Trinajstić information content (AvgIpc) is 2.94. The van der Waals surface area contributed by atoms with E-state index in [2.05, 4.69) is 31.1 Å². The van der Waals surface area contributed by atoms with Gasteiger partial charge in [0.1, 0.15) is 0 Å². The molecule has 0 aromatic carbocycles. The van der Waals surface area contributed by atoms with Gasteiger partial charge in [-0.25, -0.2) is 0 Å². The number of ether oxygens (including phenoxy) is 1. The van der Waals surface area contributed by atoms with Crippen LogP contribution in [-0.4, -0.2) is 49.8 Å². The molecule has 2 saturated carbocycles. The van der Waals surface area contributed by atoms with E-state index in [-0.39, 0.29) is 0 Å². The van der Waals surface area contributed by atoms with E-state index in [4.69, 9.17) is 4.74 Å². The first-order valence-corrected chi connectivity index (χ1v) is 9.16. The minimum atomic E-state index is 0.330. The molecule has 0 spiro atoms. The average molecular weight is 294 g/mol. The van der Waals surface area contributed by atoms with Crippen molar-refractivity contribution in [2.24, 2.45) is 11.3 Å². The normalized spacial score (nSPS) is 35.7. The molecule has 0 aromatic rings. The summed E-state index contributed by atoms with van der Waals surface area (Å²) in [7, 11) is 2.32. The molecule has 1 heterocycles. The fraction of sp³-hybridized carbons (Fsp3) is 1.00. The number of nitrogens with zero attached hydrogens (tertiary/aromatic N) is 1. The predicted molar refractivity (Wildman–Crippen MR) is 87.5 cm³/mol. The molecule has 0 aromatic heterocycles. The van der Waals surface area contributed by atoms with E-state index in [9.17, 15) is 0 Å². The van der Waals surface area contributed by atoms with Crippen molar-refractivity contribution >= 4 is 0 Å². The first-order chi connectivity index (χ1) is 10.1. The summed E-state index contributed by atoms with van der Waals surface area (Å²) in [6, 6.07) is 1.52. The molecule has 0 radical (unpaired) electrons. The minimum absolute atomic E-state index is 0.330. The number of rotatable bonds is 6. The van der Waals surface area contributed by atoms with E-state index in [1.807, 2.05) is 0 Å². The second-order valence-electron chi connectivity index (χ2n) is 8.12. The van der Waals surface area contributed by atoms with Crippen LogP contribution < -0.4 is 5.32 Å². The van der Waals surface area contributed by atoms with Crippen LogP contribution >= 0.6 is 0 Å². The number of hydrogen-bond acceptors (Lipinski definition) is 3. The molecule has 3 heteroatoms. The van der Waals surface area contributed by atoms with Crippen LogP contribution in [-0.2, 0) is 4.74 Å². The van der Waals surface area contributed by atoms with Gasteiger partial charge in [-0.15, -0.1) is 0 Å². The number of nitrogens with one attached hydrogen (secondary N) is 1. The van der Waals surface area contributed by atoms with Crippen LogP contribution in [0.1, 0.15) is 58.8 Å². The van der Waals surface area contributed by atoms with Gasteiger partial charge in [-0.3, -0.25) is 0 Å². The van der Waals surface area contributed by atoms with Crippen LogP contribution in [0.3, 0.4) is 0 Å². The van der Waals surface area contributed by atoms with Crippen LogP contribution in [0.15, 0.2) is 0 Å². The molecule has 2 aliphatic carbocycles. The largest absolute Gasteiger partial charge is 0.377 e. The molecule has 3 rings (SSSR count). The van der Waals surface area contributed by atoms with E-state index in [0.717, 1.165) is 25.1 Å². The SMILES string of the molecule is CN(CCCNC1C2CCOC2C1(C)C)C1CCCCC1. The molecule has 1 saturated heterocycles. The lowest BCUT2D eigenvalue weighted by atomic mass is 9.57. The molecular formula is C18H34N2O. The highest BCUT2D eigenvalue weighted by Gasteiger charge is 2.58. The highest BCUT2D eigenvalue weighted by Crippen LogP contribution is 2.52. The van der Waals surface area contributed by atoms with Crippen molar-refractivity contribution in [1.29, 1.82) is 0 Å². The topological polar surface area (TPSA) is 24.5 Å². The van der Waals surface area contributed by atoms with Gasteiger partial charge in [0, 0.05) is 30.0 Å². The Morgan fingerprint density at radius 1 is 1.14 bits per heavy atom. The Hall–Kier alpha value is -0.120. The second-order valence-corrected chi connectivity index (χ2v) is 8.12. The summed E-state index contributed by atoms with van der Waals surface area (Å²) < 4.78 is 5.87.